The van der Waals surface area contributed by atoms with Gasteiger partial charge in [0.1, 0.15) is 29.1 Å². The van der Waals surface area contributed by atoms with Crippen LogP contribution >= 0.6 is 46.4 Å². The van der Waals surface area contributed by atoms with Gasteiger partial charge in [0.15, 0.2) is 17.3 Å². The molecule has 19 nitrogen and oxygen atoms in total. The molecule has 3 aliphatic heterocycles. The minimum Gasteiger partial charge on any atom is -0.383 e. The van der Waals surface area contributed by atoms with Crippen molar-refractivity contribution in [3.8, 4) is 47.4 Å². The van der Waals surface area contributed by atoms with Crippen molar-refractivity contribution in [2.24, 2.45) is 10.9 Å². The van der Waals surface area contributed by atoms with Gasteiger partial charge in [-0.3, -0.25) is 38.8 Å². The maximum absolute atomic E-state index is 12.9. The van der Waals surface area contributed by atoms with Gasteiger partial charge in [-0.2, -0.15) is 0 Å². The van der Waals surface area contributed by atoms with E-state index < -0.39 is 0 Å². The molecular formula is C115H108Cl4N14O5. The Hall–Kier alpha value is -14.1. The first kappa shape index (κ1) is 98.5. The molecular weight excluding hydrogens is 1800 g/mol. The van der Waals surface area contributed by atoms with E-state index in [0.29, 0.717) is 127 Å². The highest BCUT2D eigenvalue weighted by atomic mass is 35.5. The molecule has 2 fully saturated rings. The fourth-order valence-corrected chi connectivity index (χ4v) is 17.9. The fraction of sp³-hybridized carbons (Fsp3) is 0.252. The van der Waals surface area contributed by atoms with Crippen molar-refractivity contribution in [2.75, 3.05) is 103 Å². The standard InChI is InChI=1S/C31H29ClN4O.C30H22ClN3O3.C28H29ClN4.C26H28ClN3O/c1-35-14-16-36(17-15-35)21-24-4-2-23(3-5-24)18-30(37)25-9-6-22(7-10-25)8-13-28-29-19-27(32)12-11-26(29)20-34-31(28)33;31-22-14-13-21-18-33-28(32)23(26(21)17-22)15-10-19-8-11-20(12-9-19)27(35)7-3-4-16-34-29(36)24-5-1-2-6-25(24)30(34)37;29-24-12-11-23-19-32-27(30)25(26(23)18-24)13-8-21-6-9-22(10-7-21)28-31-15-17-33(28)16-14-20-4-2-1-3-5-20;1-30(2)16-6-4-3-5-7-25(31)20-11-8-19(9-12-20)10-15-23-24-17-22(27)14-13-21(24)18-29-26(23)28/h2-7,9-12,19-20H,14-18,21H2,1H3,(H2,33,34);1-2,5-6,8-9,11-14,17-18H,3-4,7,16H2,(H2,32,33);6-7,9-12,18-20H,1-5,14-17H2,(H2,30,32);8-9,11-14,17-18H,3-7,16H2,1-2H3,(H2,28,29). The van der Waals surface area contributed by atoms with Gasteiger partial charge in [0, 0.05) is 204 Å². The summed E-state index contributed by atoms with van der Waals surface area (Å²) in [6, 6.07) is 67.8. The lowest BCUT2D eigenvalue weighted by Gasteiger charge is -2.32. The maximum atomic E-state index is 12.9. The first-order chi connectivity index (χ1) is 67.0. The molecule has 696 valence electrons. The highest BCUT2D eigenvalue weighted by Crippen LogP contribution is 2.33. The zero-order valence-corrected chi connectivity index (χ0v) is 80.7. The summed E-state index contributed by atoms with van der Waals surface area (Å²) in [4.78, 5) is 95.3. The Bertz CT molecular complexity index is 7080. The number of nitrogens with zero attached hydrogens (tertiary/aromatic N) is 10. The summed E-state index contributed by atoms with van der Waals surface area (Å²) in [5.74, 6) is 28.4. The normalized spacial score (nSPS) is 13.6. The predicted molar refractivity (Wildman–Crippen MR) is 562 cm³/mol. The topological polar surface area (TPSA) is 270 Å². The number of unbranched alkanes of at least 4 members (excludes halogenated alkanes) is 4. The number of nitrogen functional groups attached to an aromatic ring is 4. The second-order valence-electron chi connectivity index (χ2n) is 35.4. The Morgan fingerprint density at radius 3 is 1.21 bits per heavy atom. The lowest BCUT2D eigenvalue weighted by molar-refractivity contribution is 0.0651. The molecule has 0 radical (unpaired) electrons. The minimum absolute atomic E-state index is 0.000917. The van der Waals surface area contributed by atoms with Crippen LogP contribution in [0.5, 0.6) is 0 Å². The van der Waals surface area contributed by atoms with E-state index in [2.05, 4.69) is 157 Å². The number of nitrogens with two attached hydrogens (primary N) is 4. The van der Waals surface area contributed by atoms with E-state index in [4.69, 9.17) is 74.3 Å². The molecule has 8 N–H and O–H groups in total. The van der Waals surface area contributed by atoms with Gasteiger partial charge in [0.2, 0.25) is 0 Å². The number of ketones is 3. The van der Waals surface area contributed by atoms with Crippen LogP contribution in [0.15, 0.2) is 248 Å². The van der Waals surface area contributed by atoms with Gasteiger partial charge < -0.3 is 37.6 Å². The van der Waals surface area contributed by atoms with Crippen molar-refractivity contribution in [3.05, 3.63) is 352 Å². The van der Waals surface area contributed by atoms with Crippen LogP contribution in [0.3, 0.4) is 0 Å². The third kappa shape index (κ3) is 26.4. The zero-order valence-electron chi connectivity index (χ0n) is 77.7. The molecule has 0 spiro atoms. The number of anilines is 4. The van der Waals surface area contributed by atoms with E-state index in [1.807, 2.05) is 115 Å². The summed E-state index contributed by atoms with van der Waals surface area (Å²) in [6.45, 7) is 9.79. The molecule has 0 unspecified atom stereocenters. The average molecular weight is 1910 g/mol. The molecule has 0 atom stereocenters. The third-order valence-corrected chi connectivity index (χ3v) is 26.1. The molecule has 4 aliphatic rings. The number of halogens is 4. The summed E-state index contributed by atoms with van der Waals surface area (Å²) in [7, 11) is 6.34. The summed E-state index contributed by atoms with van der Waals surface area (Å²) >= 11 is 24.6. The van der Waals surface area contributed by atoms with Gasteiger partial charge in [0.25, 0.3) is 11.8 Å². The number of carbonyl (C=O) groups excluding carboxylic acids is 5. The van der Waals surface area contributed by atoms with E-state index in [1.54, 1.807) is 79.4 Å². The van der Waals surface area contributed by atoms with Gasteiger partial charge in [-0.1, -0.05) is 248 Å². The van der Waals surface area contributed by atoms with Crippen LogP contribution in [-0.2, 0) is 13.0 Å². The molecule has 0 bridgehead atoms. The SMILES string of the molecule is CN(C)CCCCCCC(=O)c1ccc(C#Cc2c(N)ncc3ccc(Cl)cc23)cc1.CN1CCN(Cc2ccc(CC(=O)c3ccc(C#Cc4c(N)ncc5ccc(Cl)cc45)cc3)cc2)CC1.Nc1ncc2ccc(Cl)cc2c1C#Cc1ccc(C(=O)CCCCN2C(=O)c3ccccc3C2=O)cc1.Nc1ncc2ccc(Cl)cc2c1C#Cc1ccc(C2=NCCN2CCC2CCCCC2)cc1. The van der Waals surface area contributed by atoms with E-state index in [1.165, 1.54) is 61.0 Å². The number of Topliss-reactive ketones (excluding diaryl/α,β-unsaturated/α-hetero) is 3. The van der Waals surface area contributed by atoms with E-state index in [0.717, 1.165) is 166 Å². The number of imide groups is 1. The van der Waals surface area contributed by atoms with Crippen LogP contribution in [-0.4, -0.2) is 159 Å². The molecule has 23 heteroatoms. The van der Waals surface area contributed by atoms with Crippen LogP contribution in [0, 0.1) is 53.3 Å². The molecule has 4 aromatic heterocycles. The highest BCUT2D eigenvalue weighted by molar-refractivity contribution is 6.33. The summed E-state index contributed by atoms with van der Waals surface area (Å²) in [5, 5.41) is 9.73. The Labute approximate surface area is 826 Å². The van der Waals surface area contributed by atoms with Crippen LogP contribution in [0.1, 0.15) is 203 Å². The fourth-order valence-electron chi connectivity index (χ4n) is 17.2. The van der Waals surface area contributed by atoms with Crippen molar-refractivity contribution in [3.63, 3.8) is 0 Å². The number of fused-ring (bicyclic) bond motifs is 5. The predicted octanol–water partition coefficient (Wildman–Crippen LogP) is 22.0. The lowest BCUT2D eigenvalue weighted by Crippen LogP contribution is -2.43. The summed E-state index contributed by atoms with van der Waals surface area (Å²) in [6.07, 6.45) is 22.0. The number of aromatic nitrogens is 4. The second kappa shape index (κ2) is 47.6. The van der Waals surface area contributed by atoms with Crippen molar-refractivity contribution in [1.29, 1.82) is 0 Å². The van der Waals surface area contributed by atoms with Crippen molar-refractivity contribution >= 4 is 148 Å². The van der Waals surface area contributed by atoms with Crippen molar-refractivity contribution in [2.45, 2.75) is 103 Å². The smallest absolute Gasteiger partial charge is 0.261 e. The van der Waals surface area contributed by atoms with Crippen LogP contribution in [0.2, 0.25) is 20.1 Å². The Morgan fingerprint density at radius 2 is 0.797 bits per heavy atom. The number of hydrogen-bond acceptors (Lipinski definition) is 18. The third-order valence-electron chi connectivity index (χ3n) is 25.2. The first-order valence-electron chi connectivity index (χ1n) is 46.8. The molecule has 1 aliphatic carbocycles. The zero-order chi connectivity index (χ0) is 96.6. The number of piperazine rings is 1. The Balaban J connectivity index is 0.000000140. The van der Waals surface area contributed by atoms with Crippen molar-refractivity contribution in [1.82, 2.24) is 44.4 Å². The van der Waals surface area contributed by atoms with Gasteiger partial charge in [-0.15, -0.1) is 0 Å². The highest BCUT2D eigenvalue weighted by Gasteiger charge is 2.35. The summed E-state index contributed by atoms with van der Waals surface area (Å²) < 4.78 is 0. The quantitative estimate of drug-likeness (QED) is 0.0201. The number of likely N-dealkylation sites (N-methyl/N-ethyl adjacent to an activating group) is 1. The number of amides is 2. The number of hydrogen-bond donors (Lipinski definition) is 4. The van der Waals surface area contributed by atoms with Crippen LogP contribution in [0.4, 0.5) is 23.3 Å². The number of rotatable bonds is 23. The van der Waals surface area contributed by atoms with Crippen LogP contribution < -0.4 is 22.9 Å². The van der Waals surface area contributed by atoms with Gasteiger partial charge >= 0.3 is 0 Å². The molecule has 18 rings (SSSR count). The lowest BCUT2D eigenvalue weighted by atomic mass is 9.87. The Kier molecular flexibility index (Phi) is 34.0. The monoisotopic (exact) mass is 1900 g/mol. The molecule has 7 heterocycles. The minimum atomic E-state index is -0.271. The number of pyridine rings is 4. The van der Waals surface area contributed by atoms with E-state index in [-0.39, 0.29) is 29.2 Å². The molecule has 10 aromatic carbocycles. The molecule has 1 saturated heterocycles. The average Bonchev–Trinajstić information content (AvgIpc) is 1.62. The number of amidine groups is 1. The van der Waals surface area contributed by atoms with Crippen molar-refractivity contribution < 1.29 is 24.0 Å². The van der Waals surface area contributed by atoms with Gasteiger partial charge in [-0.05, 0) is 186 Å². The molecule has 2 amide bonds. The first-order valence-corrected chi connectivity index (χ1v) is 48.3. The number of benzene rings is 10. The second-order valence-corrected chi connectivity index (χ2v) is 37.1. The van der Waals surface area contributed by atoms with Gasteiger partial charge in [-0.25, -0.2) is 19.9 Å². The Morgan fingerprint density at radius 1 is 0.413 bits per heavy atom. The number of aliphatic imine (C=N–C) groups is 1. The largest absolute Gasteiger partial charge is 0.383 e. The molecule has 1 saturated carbocycles. The van der Waals surface area contributed by atoms with Gasteiger partial charge in [0.05, 0.1) is 39.9 Å². The van der Waals surface area contributed by atoms with E-state index in [9.17, 15) is 24.0 Å². The van der Waals surface area contributed by atoms with E-state index >= 15 is 0 Å². The van der Waals surface area contributed by atoms with Crippen LogP contribution in [0.25, 0.3) is 43.1 Å². The summed E-state index contributed by atoms with van der Waals surface area (Å²) in [5.41, 5.74) is 36.6. The maximum Gasteiger partial charge on any atom is 0.261 e. The number of carbonyl (C=O) groups is 5. The molecule has 138 heavy (non-hydrogen) atoms. The molecule has 14 aromatic rings.